The average Bonchev–Trinajstić information content (AvgIpc) is 3.09. The zero-order chi connectivity index (χ0) is 17.9. The number of carboxylic acid groups (broad SMARTS) is 1. The summed E-state index contributed by atoms with van der Waals surface area (Å²) in [6, 6.07) is 10.2. The molecule has 1 saturated heterocycles. The summed E-state index contributed by atoms with van der Waals surface area (Å²) < 4.78 is 10.6. The molecule has 1 aliphatic rings. The van der Waals surface area contributed by atoms with E-state index in [1.807, 2.05) is 18.2 Å². The average molecular weight is 364 g/mol. The Balaban J connectivity index is 1.78. The van der Waals surface area contributed by atoms with Crippen molar-refractivity contribution in [3.8, 4) is 0 Å². The van der Waals surface area contributed by atoms with Gasteiger partial charge in [-0.15, -0.1) is 0 Å². The predicted molar refractivity (Wildman–Crippen MR) is 90.7 cm³/mol. The number of benzene rings is 1. The number of nitrogens with one attached hydrogen (secondary N) is 1. The van der Waals surface area contributed by atoms with E-state index in [4.69, 9.17) is 25.9 Å². The molecule has 1 amide bonds. The van der Waals surface area contributed by atoms with Crippen LogP contribution in [0.2, 0.25) is 5.02 Å². The van der Waals surface area contributed by atoms with Gasteiger partial charge in [0.05, 0.1) is 12.0 Å². The number of carboxylic acids is 1. The van der Waals surface area contributed by atoms with Crippen molar-refractivity contribution in [2.24, 2.45) is 0 Å². The molecule has 2 aromatic rings. The minimum absolute atomic E-state index is 0.120. The van der Waals surface area contributed by atoms with Crippen LogP contribution in [0.3, 0.4) is 0 Å². The number of carbonyl (C=O) groups is 2. The van der Waals surface area contributed by atoms with Crippen LogP contribution in [0.15, 0.2) is 40.8 Å². The zero-order valence-corrected chi connectivity index (χ0v) is 14.2. The van der Waals surface area contributed by atoms with Gasteiger partial charge in [-0.25, -0.2) is 4.79 Å². The third-order valence-corrected chi connectivity index (χ3v) is 4.69. The molecule has 0 bridgehead atoms. The molecule has 0 atom stereocenters. The third kappa shape index (κ3) is 3.70. The number of carbonyl (C=O) groups excluding carboxylic acids is 1. The molecule has 0 aliphatic carbocycles. The van der Waals surface area contributed by atoms with Crippen LogP contribution < -0.4 is 5.32 Å². The molecular formula is C18H18ClNO5. The summed E-state index contributed by atoms with van der Waals surface area (Å²) in [5.74, 6) is -1.05. The van der Waals surface area contributed by atoms with Crippen molar-refractivity contribution in [3.63, 3.8) is 0 Å². The first-order chi connectivity index (χ1) is 12.0. The van der Waals surface area contributed by atoms with Crippen LogP contribution in [-0.2, 0) is 21.5 Å². The first-order valence-corrected chi connectivity index (χ1v) is 8.33. The first kappa shape index (κ1) is 17.5. The highest BCUT2D eigenvalue weighted by atomic mass is 35.5. The van der Waals surface area contributed by atoms with Crippen molar-refractivity contribution in [2.45, 2.75) is 24.8 Å². The molecule has 3 rings (SSSR count). The van der Waals surface area contributed by atoms with E-state index in [-0.39, 0.29) is 18.2 Å². The summed E-state index contributed by atoms with van der Waals surface area (Å²) in [5, 5.41) is 12.3. The molecule has 0 spiro atoms. The van der Waals surface area contributed by atoms with E-state index in [0.717, 1.165) is 5.56 Å². The molecule has 0 unspecified atom stereocenters. The molecule has 1 aromatic heterocycles. The molecule has 25 heavy (non-hydrogen) atoms. The molecule has 0 radical (unpaired) electrons. The summed E-state index contributed by atoms with van der Waals surface area (Å²) in [6.07, 6.45) is 1.11. The van der Waals surface area contributed by atoms with Gasteiger partial charge in [-0.05, 0) is 42.7 Å². The Morgan fingerprint density at radius 3 is 2.60 bits per heavy atom. The number of furan rings is 1. The van der Waals surface area contributed by atoms with Crippen LogP contribution in [0.5, 0.6) is 0 Å². The highest BCUT2D eigenvalue weighted by Crippen LogP contribution is 2.36. The molecule has 0 saturated carbocycles. The largest absolute Gasteiger partial charge is 0.475 e. The minimum Gasteiger partial charge on any atom is -0.475 e. The van der Waals surface area contributed by atoms with Crippen LogP contribution in [0, 0.1) is 0 Å². The monoisotopic (exact) mass is 363 g/mol. The SMILES string of the molecule is O=C(O)c1ccc(CNC(=O)C2(c3cccc(Cl)c3)CCOCC2)o1. The number of aromatic carboxylic acids is 1. The lowest BCUT2D eigenvalue weighted by Crippen LogP contribution is -2.47. The number of hydrogen-bond acceptors (Lipinski definition) is 4. The lowest BCUT2D eigenvalue weighted by Gasteiger charge is -2.36. The summed E-state index contributed by atoms with van der Waals surface area (Å²) in [4.78, 5) is 23.8. The van der Waals surface area contributed by atoms with Crippen molar-refractivity contribution >= 4 is 23.5 Å². The van der Waals surface area contributed by atoms with Crippen LogP contribution >= 0.6 is 11.6 Å². The van der Waals surface area contributed by atoms with Crippen LogP contribution in [0.4, 0.5) is 0 Å². The fourth-order valence-electron chi connectivity index (χ4n) is 3.08. The Bertz CT molecular complexity index is 779. The van der Waals surface area contributed by atoms with Crippen molar-refractivity contribution < 1.29 is 23.8 Å². The highest BCUT2D eigenvalue weighted by molar-refractivity contribution is 6.30. The molecule has 132 valence electrons. The van der Waals surface area contributed by atoms with Crippen molar-refractivity contribution in [1.82, 2.24) is 5.32 Å². The second kappa shape index (κ2) is 7.29. The Hall–Kier alpha value is -2.31. The Morgan fingerprint density at radius 1 is 1.20 bits per heavy atom. The topological polar surface area (TPSA) is 88.8 Å². The van der Waals surface area contributed by atoms with Crippen molar-refractivity contribution in [2.75, 3.05) is 13.2 Å². The molecule has 2 heterocycles. The second-order valence-corrected chi connectivity index (χ2v) is 6.40. The van der Waals surface area contributed by atoms with E-state index in [1.165, 1.54) is 6.07 Å². The van der Waals surface area contributed by atoms with Gasteiger partial charge in [0.1, 0.15) is 5.76 Å². The molecule has 1 aromatic carbocycles. The van der Waals surface area contributed by atoms with Gasteiger partial charge in [0.15, 0.2) is 0 Å². The third-order valence-electron chi connectivity index (χ3n) is 4.45. The summed E-state index contributed by atoms with van der Waals surface area (Å²) in [7, 11) is 0. The summed E-state index contributed by atoms with van der Waals surface area (Å²) in [5.41, 5.74) is 0.136. The summed E-state index contributed by atoms with van der Waals surface area (Å²) >= 11 is 6.10. The maximum Gasteiger partial charge on any atom is 0.371 e. The van der Waals surface area contributed by atoms with Gasteiger partial charge in [-0.3, -0.25) is 4.79 Å². The fourth-order valence-corrected chi connectivity index (χ4v) is 3.27. The van der Waals surface area contributed by atoms with Crippen LogP contribution in [0.25, 0.3) is 0 Å². The first-order valence-electron chi connectivity index (χ1n) is 7.95. The minimum atomic E-state index is -1.14. The molecular weight excluding hydrogens is 346 g/mol. The molecule has 1 fully saturated rings. The predicted octanol–water partition coefficient (Wildman–Crippen LogP) is 3.00. The number of amides is 1. The summed E-state index contributed by atoms with van der Waals surface area (Å²) in [6.45, 7) is 1.10. The second-order valence-electron chi connectivity index (χ2n) is 5.96. The zero-order valence-electron chi connectivity index (χ0n) is 13.5. The van der Waals surface area contributed by atoms with E-state index in [0.29, 0.717) is 36.8 Å². The lowest BCUT2D eigenvalue weighted by molar-refractivity contribution is -0.130. The number of hydrogen-bond donors (Lipinski definition) is 2. The smallest absolute Gasteiger partial charge is 0.371 e. The van der Waals surface area contributed by atoms with E-state index >= 15 is 0 Å². The van der Waals surface area contributed by atoms with Gasteiger partial charge >= 0.3 is 5.97 Å². The van der Waals surface area contributed by atoms with Gasteiger partial charge in [0.25, 0.3) is 0 Å². The number of ether oxygens (including phenoxy) is 1. The molecule has 7 heteroatoms. The molecule has 1 aliphatic heterocycles. The van der Waals surface area contributed by atoms with Gasteiger partial charge in [0, 0.05) is 18.2 Å². The Labute approximate surface area is 149 Å². The normalized spacial score (nSPS) is 16.4. The van der Waals surface area contributed by atoms with E-state index in [9.17, 15) is 9.59 Å². The van der Waals surface area contributed by atoms with E-state index in [1.54, 1.807) is 12.1 Å². The number of rotatable bonds is 5. The number of halogens is 1. The standard InChI is InChI=1S/C18H18ClNO5/c19-13-3-1-2-12(10-13)18(6-8-24-9-7-18)17(23)20-11-14-4-5-15(25-14)16(21)22/h1-5,10H,6-9,11H2,(H,20,23)(H,21,22). The maximum atomic E-state index is 13.0. The Kier molecular flexibility index (Phi) is 5.11. The van der Waals surface area contributed by atoms with Crippen LogP contribution in [-0.4, -0.2) is 30.2 Å². The maximum absolute atomic E-state index is 13.0. The molecule has 2 N–H and O–H groups in total. The van der Waals surface area contributed by atoms with Gasteiger partial charge < -0.3 is 19.6 Å². The molecule has 6 nitrogen and oxygen atoms in total. The lowest BCUT2D eigenvalue weighted by atomic mass is 9.73. The highest BCUT2D eigenvalue weighted by Gasteiger charge is 2.41. The van der Waals surface area contributed by atoms with Gasteiger partial charge in [-0.2, -0.15) is 0 Å². The van der Waals surface area contributed by atoms with Gasteiger partial charge in [-0.1, -0.05) is 23.7 Å². The van der Waals surface area contributed by atoms with Crippen LogP contribution in [0.1, 0.15) is 34.7 Å². The quantitative estimate of drug-likeness (QED) is 0.852. The fraction of sp³-hybridized carbons (Fsp3) is 0.333. The van der Waals surface area contributed by atoms with E-state index in [2.05, 4.69) is 5.32 Å². The Morgan fingerprint density at radius 2 is 1.96 bits per heavy atom. The van der Waals surface area contributed by atoms with E-state index < -0.39 is 11.4 Å². The van der Waals surface area contributed by atoms with Crippen molar-refractivity contribution in [3.05, 3.63) is 58.5 Å². The van der Waals surface area contributed by atoms with Gasteiger partial charge in [0.2, 0.25) is 11.7 Å². The van der Waals surface area contributed by atoms with Crippen molar-refractivity contribution in [1.29, 1.82) is 0 Å².